The molecule has 1 aliphatic carbocycles. The summed E-state index contributed by atoms with van der Waals surface area (Å²) >= 11 is 1.37. The number of nitrogens with one attached hydrogen (secondary N) is 3. The lowest BCUT2D eigenvalue weighted by atomic mass is 9.81. The third-order valence-corrected chi connectivity index (χ3v) is 5.70. The van der Waals surface area contributed by atoms with Crippen molar-refractivity contribution in [1.82, 2.24) is 20.9 Å². The van der Waals surface area contributed by atoms with Crippen molar-refractivity contribution in [1.29, 1.82) is 0 Å². The summed E-state index contributed by atoms with van der Waals surface area (Å²) < 4.78 is 0. The summed E-state index contributed by atoms with van der Waals surface area (Å²) in [5.74, 6) is 2.46. The van der Waals surface area contributed by atoms with Crippen molar-refractivity contribution < 1.29 is 4.79 Å². The fourth-order valence-corrected chi connectivity index (χ4v) is 4.11. The van der Waals surface area contributed by atoms with Crippen LogP contribution in [0.2, 0.25) is 0 Å². The van der Waals surface area contributed by atoms with E-state index in [2.05, 4.69) is 32.9 Å². The summed E-state index contributed by atoms with van der Waals surface area (Å²) in [6, 6.07) is 0. The first kappa shape index (κ1) is 23.1. The van der Waals surface area contributed by atoms with E-state index < -0.39 is 0 Å². The zero-order valence-electron chi connectivity index (χ0n) is 16.0. The van der Waals surface area contributed by atoms with Crippen molar-refractivity contribution in [2.75, 3.05) is 26.7 Å². The Morgan fingerprint density at radius 1 is 1.27 bits per heavy atom. The molecule has 0 bridgehead atoms. The molecule has 1 amide bonds. The summed E-state index contributed by atoms with van der Waals surface area (Å²) in [5.41, 5.74) is 2.48. The minimum atomic E-state index is -0.0591. The fourth-order valence-electron chi connectivity index (χ4n) is 3.39. The maximum absolute atomic E-state index is 12.0. The standard InChI is InChI=1S/C18H31N5OS.HI/c1-13-5-4-6-15(11-13)7-8-21-18(19-3)22-10-9-20-17(24)16-14(2)23-12-25-16;/h12-13,15H,4-11H2,1-3H3,(H,20,24)(H2,19,21,22);1H. The van der Waals surface area contributed by atoms with Gasteiger partial charge in [-0.25, -0.2) is 4.98 Å². The molecule has 0 aromatic carbocycles. The molecule has 1 aromatic rings. The zero-order chi connectivity index (χ0) is 18.1. The number of nitrogens with zero attached hydrogens (tertiary/aromatic N) is 2. The highest BCUT2D eigenvalue weighted by Gasteiger charge is 2.18. The van der Waals surface area contributed by atoms with Gasteiger partial charge >= 0.3 is 0 Å². The number of carbonyl (C=O) groups is 1. The number of carbonyl (C=O) groups excluding carboxylic acids is 1. The molecule has 2 rings (SSSR count). The molecule has 0 spiro atoms. The number of aryl methyl sites for hydroxylation is 1. The average Bonchev–Trinajstić information content (AvgIpc) is 3.03. The number of hydrogen-bond donors (Lipinski definition) is 3. The Morgan fingerprint density at radius 2 is 2.00 bits per heavy atom. The fraction of sp³-hybridized carbons (Fsp3) is 0.722. The number of halogens is 1. The van der Waals surface area contributed by atoms with Crippen LogP contribution in [0.5, 0.6) is 0 Å². The van der Waals surface area contributed by atoms with Crippen LogP contribution in [-0.4, -0.2) is 43.5 Å². The lowest BCUT2D eigenvalue weighted by molar-refractivity contribution is 0.0957. The lowest BCUT2D eigenvalue weighted by Crippen LogP contribution is -2.42. The Bertz CT molecular complexity index is 578. The van der Waals surface area contributed by atoms with Crippen LogP contribution in [0.15, 0.2) is 10.5 Å². The van der Waals surface area contributed by atoms with Crippen LogP contribution in [0.1, 0.15) is 54.4 Å². The van der Waals surface area contributed by atoms with Gasteiger partial charge in [-0.15, -0.1) is 35.3 Å². The van der Waals surface area contributed by atoms with Gasteiger partial charge < -0.3 is 16.0 Å². The largest absolute Gasteiger partial charge is 0.356 e. The van der Waals surface area contributed by atoms with Gasteiger partial charge in [0.25, 0.3) is 5.91 Å². The van der Waals surface area contributed by atoms with Gasteiger partial charge in [0.15, 0.2) is 5.96 Å². The molecule has 26 heavy (non-hydrogen) atoms. The van der Waals surface area contributed by atoms with Crippen molar-refractivity contribution in [3.8, 4) is 0 Å². The summed E-state index contributed by atoms with van der Waals surface area (Å²) in [6.07, 6.45) is 6.68. The molecule has 2 atom stereocenters. The first-order valence-electron chi connectivity index (χ1n) is 9.23. The molecule has 0 radical (unpaired) electrons. The average molecular weight is 493 g/mol. The number of hydrogen-bond acceptors (Lipinski definition) is 4. The van der Waals surface area contributed by atoms with E-state index in [4.69, 9.17) is 0 Å². The molecule has 2 unspecified atom stereocenters. The highest BCUT2D eigenvalue weighted by atomic mass is 127. The van der Waals surface area contributed by atoms with E-state index in [1.165, 1.54) is 43.4 Å². The van der Waals surface area contributed by atoms with Crippen LogP contribution in [0.4, 0.5) is 0 Å². The smallest absolute Gasteiger partial charge is 0.263 e. The van der Waals surface area contributed by atoms with Crippen LogP contribution in [0.25, 0.3) is 0 Å². The number of aliphatic imine (C=N–C) groups is 1. The molecule has 1 aliphatic rings. The third-order valence-electron chi connectivity index (χ3n) is 4.77. The van der Waals surface area contributed by atoms with Gasteiger partial charge in [0.1, 0.15) is 4.88 Å². The predicted octanol–water partition coefficient (Wildman–Crippen LogP) is 3.18. The van der Waals surface area contributed by atoms with E-state index in [0.717, 1.165) is 30.0 Å². The lowest BCUT2D eigenvalue weighted by Gasteiger charge is -2.26. The van der Waals surface area contributed by atoms with Crippen LogP contribution in [0.3, 0.4) is 0 Å². The minimum Gasteiger partial charge on any atom is -0.356 e. The summed E-state index contributed by atoms with van der Waals surface area (Å²) in [7, 11) is 1.78. The van der Waals surface area contributed by atoms with Crippen molar-refractivity contribution in [3.05, 3.63) is 16.1 Å². The second-order valence-electron chi connectivity index (χ2n) is 6.88. The molecule has 1 heterocycles. The van der Waals surface area contributed by atoms with E-state index in [-0.39, 0.29) is 29.9 Å². The normalized spacial score (nSPS) is 20.2. The molecule has 1 saturated carbocycles. The Labute approximate surface area is 178 Å². The van der Waals surface area contributed by atoms with E-state index in [1.807, 2.05) is 6.92 Å². The molecule has 3 N–H and O–H groups in total. The van der Waals surface area contributed by atoms with Crippen LogP contribution < -0.4 is 16.0 Å². The zero-order valence-corrected chi connectivity index (χ0v) is 19.2. The predicted molar refractivity (Wildman–Crippen MR) is 120 cm³/mol. The number of aromatic nitrogens is 1. The topological polar surface area (TPSA) is 78.4 Å². The minimum absolute atomic E-state index is 0. The number of guanidine groups is 1. The molecule has 1 aromatic heterocycles. The highest BCUT2D eigenvalue weighted by molar-refractivity contribution is 14.0. The van der Waals surface area contributed by atoms with Gasteiger partial charge in [0.2, 0.25) is 0 Å². The monoisotopic (exact) mass is 493 g/mol. The highest BCUT2D eigenvalue weighted by Crippen LogP contribution is 2.30. The van der Waals surface area contributed by atoms with Crippen LogP contribution >= 0.6 is 35.3 Å². The SMILES string of the molecule is CN=C(NCCNC(=O)c1scnc1C)NCCC1CCCC(C)C1.I. The van der Waals surface area contributed by atoms with Crippen LogP contribution in [0, 0.1) is 18.8 Å². The van der Waals surface area contributed by atoms with E-state index in [1.54, 1.807) is 12.6 Å². The summed E-state index contributed by atoms with van der Waals surface area (Å²) in [5, 5.41) is 9.52. The maximum Gasteiger partial charge on any atom is 0.263 e. The molecular weight excluding hydrogens is 461 g/mol. The van der Waals surface area contributed by atoms with Gasteiger partial charge in [-0.2, -0.15) is 0 Å². The maximum atomic E-state index is 12.0. The molecule has 0 aliphatic heterocycles. The third kappa shape index (κ3) is 7.77. The molecule has 8 heteroatoms. The van der Waals surface area contributed by atoms with Gasteiger partial charge in [-0.1, -0.05) is 26.2 Å². The Morgan fingerprint density at radius 3 is 2.65 bits per heavy atom. The molecule has 6 nitrogen and oxygen atoms in total. The number of rotatable bonds is 7. The molecule has 1 fully saturated rings. The second-order valence-corrected chi connectivity index (χ2v) is 7.73. The van der Waals surface area contributed by atoms with Crippen molar-refractivity contribution in [2.24, 2.45) is 16.8 Å². The van der Waals surface area contributed by atoms with Crippen molar-refractivity contribution in [2.45, 2.75) is 46.0 Å². The molecular formula is C18H32IN5OS. The molecule has 0 saturated heterocycles. The van der Waals surface area contributed by atoms with Crippen molar-refractivity contribution in [3.63, 3.8) is 0 Å². The molecule has 148 valence electrons. The van der Waals surface area contributed by atoms with Gasteiger partial charge in [0, 0.05) is 26.7 Å². The second kappa shape index (κ2) is 12.5. The van der Waals surface area contributed by atoms with E-state index in [9.17, 15) is 4.79 Å². The van der Waals surface area contributed by atoms with E-state index in [0.29, 0.717) is 18.0 Å². The quantitative estimate of drug-likeness (QED) is 0.236. The first-order chi connectivity index (χ1) is 12.1. The van der Waals surface area contributed by atoms with Crippen LogP contribution in [-0.2, 0) is 0 Å². The van der Waals surface area contributed by atoms with Crippen molar-refractivity contribution >= 4 is 47.2 Å². The summed E-state index contributed by atoms with van der Waals surface area (Å²) in [4.78, 5) is 21.0. The Balaban J connectivity index is 0.00000338. The first-order valence-corrected chi connectivity index (χ1v) is 10.1. The van der Waals surface area contributed by atoms with Gasteiger partial charge in [-0.3, -0.25) is 9.79 Å². The summed E-state index contributed by atoms with van der Waals surface area (Å²) in [6.45, 7) is 6.36. The van der Waals surface area contributed by atoms with E-state index >= 15 is 0 Å². The number of amides is 1. The van der Waals surface area contributed by atoms with Gasteiger partial charge in [0.05, 0.1) is 11.2 Å². The number of thiazole rings is 1. The Hall–Kier alpha value is -0.900. The van der Waals surface area contributed by atoms with Gasteiger partial charge in [-0.05, 0) is 31.6 Å². The Kier molecular flexibility index (Phi) is 11.1.